The molecule has 0 nitrogen and oxygen atoms in total. The number of rotatable bonds is 3. The number of hydrogen-bond acceptors (Lipinski definition) is 0. The van der Waals surface area contributed by atoms with Crippen molar-refractivity contribution in [2.75, 3.05) is 0 Å². The number of hydrogen-bond donors (Lipinski definition) is 0. The van der Waals surface area contributed by atoms with Crippen molar-refractivity contribution in [3.63, 3.8) is 0 Å². The lowest BCUT2D eigenvalue weighted by atomic mass is 10.1. The Morgan fingerprint density at radius 3 is 2.38 bits per heavy atom. The minimum Gasteiger partial charge on any atom is -0.0760 e. The van der Waals surface area contributed by atoms with Crippen LogP contribution in [0, 0.1) is 6.42 Å². The summed E-state index contributed by atoms with van der Waals surface area (Å²) in [6.45, 7) is 4.68. The predicted octanol–water partition coefficient (Wildman–Crippen LogP) is 4.09. The first-order chi connectivity index (χ1) is 6.36. The third kappa shape index (κ3) is 1.62. The van der Waals surface area contributed by atoms with Crippen LogP contribution in [0.25, 0.3) is 0 Å². The Morgan fingerprint density at radius 2 is 1.92 bits per heavy atom. The van der Waals surface area contributed by atoms with Crippen LogP contribution in [0.15, 0.2) is 23.5 Å². The van der Waals surface area contributed by atoms with Gasteiger partial charge in [-0.25, -0.2) is 0 Å². The summed E-state index contributed by atoms with van der Waals surface area (Å²) in [7, 11) is 0.217. The average Bonchev–Trinajstić information content (AvgIpc) is 2.57. The second-order valence-corrected chi connectivity index (χ2v) is 6.70. The van der Waals surface area contributed by atoms with Crippen molar-refractivity contribution in [1.29, 1.82) is 0 Å². The van der Waals surface area contributed by atoms with E-state index in [1.54, 1.807) is 5.31 Å². The summed E-state index contributed by atoms with van der Waals surface area (Å²) >= 11 is 0. The van der Waals surface area contributed by atoms with Crippen LogP contribution in [0.2, 0.25) is 0 Å². The van der Waals surface area contributed by atoms with Gasteiger partial charge in [-0.3, -0.25) is 0 Å². The van der Waals surface area contributed by atoms with Gasteiger partial charge in [-0.05, 0) is 35.9 Å². The van der Waals surface area contributed by atoms with Gasteiger partial charge >= 0.3 is 0 Å². The summed E-state index contributed by atoms with van der Waals surface area (Å²) in [5.74, 6) is 0. The molecule has 1 aliphatic carbocycles. The summed E-state index contributed by atoms with van der Waals surface area (Å²) in [6.07, 6.45) is 13.3. The van der Waals surface area contributed by atoms with Gasteiger partial charge in [0.05, 0.1) is 0 Å². The summed E-state index contributed by atoms with van der Waals surface area (Å²) in [5, 5.41) is 1.65. The van der Waals surface area contributed by atoms with E-state index in [1.165, 1.54) is 19.3 Å². The van der Waals surface area contributed by atoms with Gasteiger partial charge in [-0.15, -0.1) is 0 Å². The molecule has 0 amide bonds. The molecule has 13 heavy (non-hydrogen) atoms. The highest BCUT2D eigenvalue weighted by Gasteiger charge is 2.39. The Kier molecular flexibility index (Phi) is 2.89. The SMILES string of the molecule is CC[C@H]1C[C@H](CC)P1C1=CC=C[CH]1. The first kappa shape index (κ1) is 9.46. The van der Waals surface area contributed by atoms with Crippen molar-refractivity contribution < 1.29 is 0 Å². The van der Waals surface area contributed by atoms with Crippen LogP contribution in [0.5, 0.6) is 0 Å². The standard InChI is InChI=1S/C12H18P/c1-3-10-9-11(4-2)13(10)12-7-5-6-8-12/h5-8,10-11H,3-4,9H2,1-2H3/t10-,11-/m0/s1. The second kappa shape index (κ2) is 3.96. The van der Waals surface area contributed by atoms with E-state index in [1.807, 2.05) is 0 Å². The summed E-state index contributed by atoms with van der Waals surface area (Å²) < 4.78 is 0. The van der Waals surface area contributed by atoms with E-state index in [4.69, 9.17) is 0 Å². The van der Waals surface area contributed by atoms with Gasteiger partial charge in [-0.1, -0.05) is 40.0 Å². The molecule has 1 radical (unpaired) electrons. The first-order valence-electron chi connectivity index (χ1n) is 5.36. The van der Waals surface area contributed by atoms with Gasteiger partial charge in [0.25, 0.3) is 0 Å². The molecule has 1 aliphatic heterocycles. The van der Waals surface area contributed by atoms with E-state index in [0.29, 0.717) is 0 Å². The monoisotopic (exact) mass is 193 g/mol. The summed E-state index contributed by atoms with van der Waals surface area (Å²) in [4.78, 5) is 0. The van der Waals surface area contributed by atoms with Crippen LogP contribution in [-0.2, 0) is 0 Å². The maximum Gasteiger partial charge on any atom is 0.0130 e. The van der Waals surface area contributed by atoms with Crippen molar-refractivity contribution in [2.24, 2.45) is 0 Å². The molecule has 1 heteroatoms. The zero-order chi connectivity index (χ0) is 9.26. The molecule has 0 N–H and O–H groups in total. The van der Waals surface area contributed by atoms with Gasteiger partial charge in [-0.2, -0.15) is 0 Å². The minimum absolute atomic E-state index is 0.217. The van der Waals surface area contributed by atoms with Crippen molar-refractivity contribution in [3.8, 4) is 0 Å². The van der Waals surface area contributed by atoms with Gasteiger partial charge in [0.15, 0.2) is 0 Å². The fourth-order valence-corrected chi connectivity index (χ4v) is 5.70. The van der Waals surface area contributed by atoms with Gasteiger partial charge in [0.1, 0.15) is 0 Å². The van der Waals surface area contributed by atoms with E-state index in [0.717, 1.165) is 11.3 Å². The quantitative estimate of drug-likeness (QED) is 0.592. The third-order valence-electron chi connectivity index (χ3n) is 3.22. The van der Waals surface area contributed by atoms with Crippen LogP contribution >= 0.6 is 7.92 Å². The average molecular weight is 193 g/mol. The van der Waals surface area contributed by atoms with Crippen LogP contribution in [0.4, 0.5) is 0 Å². The highest BCUT2D eigenvalue weighted by Crippen LogP contribution is 2.67. The van der Waals surface area contributed by atoms with Gasteiger partial charge in [0, 0.05) is 6.42 Å². The smallest absolute Gasteiger partial charge is 0.0130 e. The van der Waals surface area contributed by atoms with E-state index in [2.05, 4.69) is 38.5 Å². The zero-order valence-corrected chi connectivity index (χ0v) is 9.43. The van der Waals surface area contributed by atoms with Gasteiger partial charge < -0.3 is 0 Å². The molecule has 2 rings (SSSR count). The Bertz CT molecular complexity index is 230. The second-order valence-electron chi connectivity index (χ2n) is 3.91. The molecule has 0 aromatic rings. The molecule has 0 bridgehead atoms. The molecule has 2 aliphatic rings. The largest absolute Gasteiger partial charge is 0.0760 e. The normalized spacial score (nSPS) is 33.2. The molecular weight excluding hydrogens is 175 g/mol. The van der Waals surface area contributed by atoms with Crippen molar-refractivity contribution in [3.05, 3.63) is 30.0 Å². The Hall–Kier alpha value is -0.0900. The molecule has 1 saturated heterocycles. The van der Waals surface area contributed by atoms with Crippen LogP contribution < -0.4 is 0 Å². The lowest BCUT2D eigenvalue weighted by molar-refractivity contribution is 0.607. The Balaban J connectivity index is 2.02. The molecule has 0 saturated carbocycles. The summed E-state index contributed by atoms with van der Waals surface area (Å²) in [5.41, 5.74) is 2.06. The van der Waals surface area contributed by atoms with Crippen LogP contribution in [0.3, 0.4) is 0 Å². The molecular formula is C12H18P. The van der Waals surface area contributed by atoms with Crippen LogP contribution in [-0.4, -0.2) is 11.3 Å². The molecule has 71 valence electrons. The van der Waals surface area contributed by atoms with E-state index in [-0.39, 0.29) is 7.92 Å². The fraction of sp³-hybridized carbons (Fsp3) is 0.583. The molecule has 0 spiro atoms. The topological polar surface area (TPSA) is 0 Å². The van der Waals surface area contributed by atoms with Crippen molar-refractivity contribution in [1.82, 2.24) is 0 Å². The lowest BCUT2D eigenvalue weighted by Gasteiger charge is -2.46. The maximum atomic E-state index is 2.34. The van der Waals surface area contributed by atoms with Gasteiger partial charge in [0.2, 0.25) is 0 Å². The lowest BCUT2D eigenvalue weighted by Crippen LogP contribution is -2.29. The fourth-order valence-electron chi connectivity index (χ4n) is 2.39. The predicted molar refractivity (Wildman–Crippen MR) is 61.2 cm³/mol. The minimum atomic E-state index is 0.217. The molecule has 1 heterocycles. The zero-order valence-electron chi connectivity index (χ0n) is 8.53. The number of allylic oxidation sites excluding steroid dienone is 4. The first-order valence-corrected chi connectivity index (χ1v) is 6.84. The highest BCUT2D eigenvalue weighted by molar-refractivity contribution is 7.65. The molecule has 0 unspecified atom stereocenters. The van der Waals surface area contributed by atoms with Crippen molar-refractivity contribution in [2.45, 2.75) is 44.4 Å². The van der Waals surface area contributed by atoms with E-state index < -0.39 is 0 Å². The Morgan fingerprint density at radius 1 is 1.23 bits per heavy atom. The van der Waals surface area contributed by atoms with Crippen LogP contribution in [0.1, 0.15) is 33.1 Å². The maximum absolute atomic E-state index is 2.34. The van der Waals surface area contributed by atoms with E-state index in [9.17, 15) is 0 Å². The molecule has 0 aromatic heterocycles. The highest BCUT2D eigenvalue weighted by atomic mass is 31.1. The Labute approximate surface area is 82.9 Å². The summed E-state index contributed by atoms with van der Waals surface area (Å²) in [6, 6.07) is 0. The third-order valence-corrected chi connectivity index (χ3v) is 6.84. The molecule has 1 fully saturated rings. The van der Waals surface area contributed by atoms with E-state index >= 15 is 0 Å². The molecule has 2 atom stereocenters. The molecule has 0 aromatic carbocycles. The van der Waals surface area contributed by atoms with Crippen molar-refractivity contribution >= 4 is 7.92 Å².